The second-order valence-corrected chi connectivity index (χ2v) is 9.27. The highest BCUT2D eigenvalue weighted by Crippen LogP contribution is 2.52. The number of nitrogens with zero attached hydrogens (tertiary/aromatic N) is 1. The molecular formula is C26H32N2O3. The molecule has 5 nitrogen and oxygen atoms in total. The number of hydrogen-bond acceptors (Lipinski definition) is 4. The zero-order valence-corrected chi connectivity index (χ0v) is 19.3. The highest BCUT2D eigenvalue weighted by molar-refractivity contribution is 5.84. The molecule has 1 atom stereocenters. The first kappa shape index (κ1) is 21.3. The van der Waals surface area contributed by atoms with Crippen LogP contribution in [0, 0.1) is 6.92 Å². The fraction of sp³-hybridized carbons (Fsp3) is 0.423. The third-order valence-corrected chi connectivity index (χ3v) is 6.45. The van der Waals surface area contributed by atoms with Crippen LogP contribution in [-0.2, 0) is 10.2 Å². The van der Waals surface area contributed by atoms with Crippen molar-refractivity contribution in [3.63, 3.8) is 0 Å². The van der Waals surface area contributed by atoms with Crippen molar-refractivity contribution in [1.29, 1.82) is 0 Å². The van der Waals surface area contributed by atoms with Gasteiger partial charge in [0.1, 0.15) is 5.66 Å². The van der Waals surface area contributed by atoms with Crippen LogP contribution in [0.5, 0.6) is 11.5 Å². The molecule has 1 fully saturated rings. The largest absolute Gasteiger partial charge is 0.493 e. The van der Waals surface area contributed by atoms with Gasteiger partial charge in [0.25, 0.3) is 0 Å². The monoisotopic (exact) mass is 420 g/mol. The summed E-state index contributed by atoms with van der Waals surface area (Å²) in [5.41, 5.74) is 3.74. The normalized spacial score (nSPS) is 21.8. The smallest absolute Gasteiger partial charge is 0.223 e. The number of carbonyl (C=O) groups is 1. The molecule has 31 heavy (non-hydrogen) atoms. The van der Waals surface area contributed by atoms with E-state index in [4.69, 9.17) is 9.47 Å². The quantitative estimate of drug-likeness (QED) is 0.754. The number of hydrogen-bond donors (Lipinski definition) is 1. The summed E-state index contributed by atoms with van der Waals surface area (Å²) in [6, 6.07) is 12.5. The van der Waals surface area contributed by atoms with E-state index in [0.29, 0.717) is 18.7 Å². The van der Waals surface area contributed by atoms with E-state index < -0.39 is 5.66 Å². The van der Waals surface area contributed by atoms with Crippen LogP contribution in [0.25, 0.3) is 6.08 Å². The van der Waals surface area contributed by atoms with Crippen molar-refractivity contribution < 1.29 is 14.3 Å². The average Bonchev–Trinajstić information content (AvgIpc) is 2.90. The Kier molecular flexibility index (Phi) is 5.24. The number of nitrogens with one attached hydrogen (secondary N) is 1. The first-order chi connectivity index (χ1) is 14.7. The van der Waals surface area contributed by atoms with Crippen LogP contribution in [0.1, 0.15) is 50.8 Å². The Morgan fingerprint density at radius 2 is 1.90 bits per heavy atom. The minimum absolute atomic E-state index is 0.0708. The van der Waals surface area contributed by atoms with Crippen molar-refractivity contribution in [3.05, 3.63) is 59.2 Å². The van der Waals surface area contributed by atoms with Gasteiger partial charge in [0.15, 0.2) is 11.5 Å². The third-order valence-electron chi connectivity index (χ3n) is 6.45. The summed E-state index contributed by atoms with van der Waals surface area (Å²) in [5.74, 6) is 1.50. The maximum absolute atomic E-state index is 12.6. The summed E-state index contributed by atoms with van der Waals surface area (Å²) in [6.45, 7) is 11.2. The topological polar surface area (TPSA) is 50.8 Å². The summed E-state index contributed by atoms with van der Waals surface area (Å²) in [6.07, 6.45) is 4.77. The number of aryl methyl sites for hydroxylation is 1. The number of fused-ring (bicyclic) bond motifs is 3. The second kappa shape index (κ2) is 7.63. The summed E-state index contributed by atoms with van der Waals surface area (Å²) in [5, 5.41) is 3.33. The molecule has 2 heterocycles. The van der Waals surface area contributed by atoms with E-state index in [1.54, 1.807) is 7.11 Å². The van der Waals surface area contributed by atoms with Crippen molar-refractivity contribution in [2.75, 3.05) is 18.6 Å². The molecule has 0 radical (unpaired) electrons. The average molecular weight is 421 g/mol. The second-order valence-electron chi connectivity index (χ2n) is 9.27. The van der Waals surface area contributed by atoms with E-state index in [0.717, 1.165) is 11.3 Å². The number of methoxy groups -OCH3 is 1. The Balaban J connectivity index is 1.76. The summed E-state index contributed by atoms with van der Waals surface area (Å²) in [4.78, 5) is 14.9. The van der Waals surface area contributed by atoms with Gasteiger partial charge in [-0.3, -0.25) is 4.79 Å². The molecule has 0 saturated carbocycles. The van der Waals surface area contributed by atoms with E-state index in [1.807, 2.05) is 32.0 Å². The van der Waals surface area contributed by atoms with Crippen molar-refractivity contribution >= 4 is 17.7 Å². The maximum atomic E-state index is 12.6. The van der Waals surface area contributed by atoms with Crippen molar-refractivity contribution in [1.82, 2.24) is 5.32 Å². The Morgan fingerprint density at radius 3 is 2.61 bits per heavy atom. The fourth-order valence-electron chi connectivity index (χ4n) is 4.82. The van der Waals surface area contributed by atoms with E-state index in [2.05, 4.69) is 61.3 Å². The molecule has 0 aromatic heterocycles. The van der Waals surface area contributed by atoms with Gasteiger partial charge in [-0.15, -0.1) is 0 Å². The fourth-order valence-corrected chi connectivity index (χ4v) is 4.82. The molecule has 0 spiro atoms. The van der Waals surface area contributed by atoms with Gasteiger partial charge in [-0.25, -0.2) is 0 Å². The Bertz CT molecular complexity index is 1040. The summed E-state index contributed by atoms with van der Waals surface area (Å²) < 4.78 is 11.4. The summed E-state index contributed by atoms with van der Waals surface area (Å²) in [7, 11) is 1.65. The SMILES string of the molecule is COc1cc(/C=C/[C@@]23NC(=O)CCN2c2ccc(C)cc2C3(C)C)ccc1OC(C)C. The molecule has 0 aliphatic carbocycles. The zero-order chi connectivity index (χ0) is 22.4. The first-order valence-electron chi connectivity index (χ1n) is 10.9. The zero-order valence-electron chi connectivity index (χ0n) is 19.3. The van der Waals surface area contributed by atoms with Crippen LogP contribution in [0.2, 0.25) is 0 Å². The highest BCUT2D eigenvalue weighted by Gasteiger charge is 2.57. The number of amides is 1. The van der Waals surface area contributed by atoms with Gasteiger partial charge in [-0.05, 0) is 56.2 Å². The number of benzene rings is 2. The molecule has 4 rings (SSSR count). The van der Waals surface area contributed by atoms with Gasteiger partial charge in [-0.2, -0.15) is 0 Å². The predicted octanol–water partition coefficient (Wildman–Crippen LogP) is 4.82. The Hall–Kier alpha value is -2.95. The van der Waals surface area contributed by atoms with Crippen LogP contribution in [0.3, 0.4) is 0 Å². The number of carbonyl (C=O) groups excluding carboxylic acids is 1. The molecule has 2 aromatic carbocycles. The Labute approximate surface area is 185 Å². The van der Waals surface area contributed by atoms with E-state index in [1.165, 1.54) is 16.8 Å². The standard InChI is InChI=1S/C26H32N2O3/c1-17(2)31-22-10-8-19(16-23(22)30-6)11-13-26-25(4,5)20-15-18(3)7-9-21(20)28(26)14-12-24(29)27-26/h7-11,13,15-17H,12,14H2,1-6H3,(H,27,29)/b13-11+/t26-/m1/s1. The third kappa shape index (κ3) is 3.46. The van der Waals surface area contributed by atoms with E-state index >= 15 is 0 Å². The van der Waals surface area contributed by atoms with Gasteiger partial charge in [-0.1, -0.05) is 43.7 Å². The molecule has 0 bridgehead atoms. The van der Waals surface area contributed by atoms with Crippen LogP contribution in [-0.4, -0.2) is 31.3 Å². The van der Waals surface area contributed by atoms with Gasteiger partial charge in [0.2, 0.25) is 5.91 Å². The molecule has 1 amide bonds. The predicted molar refractivity (Wildman–Crippen MR) is 125 cm³/mol. The minimum atomic E-state index is -0.626. The van der Waals surface area contributed by atoms with Crippen LogP contribution >= 0.6 is 0 Å². The number of anilines is 1. The van der Waals surface area contributed by atoms with Gasteiger partial charge < -0.3 is 19.7 Å². The molecule has 2 aromatic rings. The maximum Gasteiger partial charge on any atom is 0.223 e. The lowest BCUT2D eigenvalue weighted by Gasteiger charge is -2.49. The summed E-state index contributed by atoms with van der Waals surface area (Å²) >= 11 is 0. The molecule has 5 heteroatoms. The first-order valence-corrected chi connectivity index (χ1v) is 10.9. The number of ether oxygens (including phenoxy) is 2. The van der Waals surface area contributed by atoms with Crippen molar-refractivity contribution in [2.45, 2.75) is 58.2 Å². The Morgan fingerprint density at radius 1 is 1.13 bits per heavy atom. The lowest BCUT2D eigenvalue weighted by molar-refractivity contribution is -0.124. The van der Waals surface area contributed by atoms with Gasteiger partial charge in [0, 0.05) is 24.1 Å². The minimum Gasteiger partial charge on any atom is -0.493 e. The van der Waals surface area contributed by atoms with Crippen LogP contribution in [0.15, 0.2) is 42.5 Å². The molecular weight excluding hydrogens is 388 g/mol. The molecule has 1 saturated heterocycles. The van der Waals surface area contributed by atoms with E-state index in [9.17, 15) is 4.79 Å². The molecule has 2 aliphatic heterocycles. The molecule has 164 valence electrons. The lowest BCUT2D eigenvalue weighted by atomic mass is 9.74. The van der Waals surface area contributed by atoms with Gasteiger partial charge in [0.05, 0.1) is 13.2 Å². The van der Waals surface area contributed by atoms with Crippen LogP contribution < -0.4 is 19.7 Å². The highest BCUT2D eigenvalue weighted by atomic mass is 16.5. The van der Waals surface area contributed by atoms with Crippen molar-refractivity contribution in [3.8, 4) is 11.5 Å². The van der Waals surface area contributed by atoms with E-state index in [-0.39, 0.29) is 17.4 Å². The molecule has 1 N–H and O–H groups in total. The van der Waals surface area contributed by atoms with Crippen LogP contribution in [0.4, 0.5) is 5.69 Å². The lowest BCUT2D eigenvalue weighted by Crippen LogP contribution is -2.68. The molecule has 0 unspecified atom stereocenters. The molecule has 2 aliphatic rings. The number of rotatable bonds is 5. The van der Waals surface area contributed by atoms with Gasteiger partial charge >= 0.3 is 0 Å². The van der Waals surface area contributed by atoms with Crippen molar-refractivity contribution in [2.24, 2.45) is 0 Å².